The summed E-state index contributed by atoms with van der Waals surface area (Å²) in [6.07, 6.45) is 8.73. The molecule has 0 spiro atoms. The van der Waals surface area contributed by atoms with E-state index in [1.165, 1.54) is 11.1 Å². The van der Waals surface area contributed by atoms with Gasteiger partial charge in [-0.1, -0.05) is 114 Å². The Kier molecular flexibility index (Phi) is 10.2. The average Bonchev–Trinajstić information content (AvgIpc) is 4.09. The van der Waals surface area contributed by atoms with Gasteiger partial charge >= 0.3 is 0 Å². The first-order chi connectivity index (χ1) is 28.9. The predicted octanol–water partition coefficient (Wildman–Crippen LogP) is 15.4. The Labute approximate surface area is 361 Å². The molecule has 7 aromatic rings. The lowest BCUT2D eigenvalue weighted by Gasteiger charge is -2.19. The predicted molar refractivity (Wildman–Crippen MR) is 258 cm³/mol. The lowest BCUT2D eigenvalue weighted by molar-refractivity contribution is 0.415. The van der Waals surface area contributed by atoms with Gasteiger partial charge in [-0.05, 0) is 117 Å². The van der Waals surface area contributed by atoms with E-state index in [2.05, 4.69) is 163 Å². The van der Waals surface area contributed by atoms with Gasteiger partial charge in [-0.2, -0.15) is 0 Å². The molecule has 0 N–H and O–H groups in total. The minimum Gasteiger partial charge on any atom is -0.497 e. The van der Waals surface area contributed by atoms with Gasteiger partial charge in [-0.25, -0.2) is 9.97 Å². The largest absolute Gasteiger partial charge is 0.497 e. The second-order valence-corrected chi connectivity index (χ2v) is 19.5. The summed E-state index contributed by atoms with van der Waals surface area (Å²) in [7, 11) is 3.41. The minimum absolute atomic E-state index is 0.0375. The maximum absolute atomic E-state index is 5.58. The van der Waals surface area contributed by atoms with Crippen molar-refractivity contribution in [3.8, 4) is 56.0 Å². The van der Waals surface area contributed by atoms with Gasteiger partial charge in [0, 0.05) is 41.1 Å². The van der Waals surface area contributed by atoms with E-state index >= 15 is 0 Å². The number of thiophene rings is 2. The van der Waals surface area contributed by atoms with Crippen molar-refractivity contribution < 1.29 is 9.47 Å². The summed E-state index contributed by atoms with van der Waals surface area (Å²) in [6, 6.07) is 43.7. The zero-order chi connectivity index (χ0) is 41.8. The highest BCUT2D eigenvalue weighted by Gasteiger charge is 2.21. The Hall–Kier alpha value is -6.08. The molecule has 9 rings (SSSR count). The van der Waals surface area contributed by atoms with E-state index in [-0.39, 0.29) is 10.8 Å². The summed E-state index contributed by atoms with van der Waals surface area (Å²) in [5.74, 6) is 1.63. The standard InChI is InChI=1S/C54H48N2O2S2/c1-53(2,3)37-17-9-33(10-18-37)49-41-25-26-42(55-41)50(34-11-19-38(20-12-34)54(4,5)6)46-30-32-48(60-46)52(36-15-23-40(58-8)24-16-36)44-28-27-43(56-44)51(47-31-29-45(49)59-47)35-13-21-39(57-7)22-14-35/h9-32H,1-8H3. The molecule has 8 bridgehead atoms. The van der Waals surface area contributed by atoms with Crippen LogP contribution in [0.2, 0.25) is 0 Å². The molecule has 0 saturated heterocycles. The van der Waals surface area contributed by atoms with Gasteiger partial charge in [0.1, 0.15) is 11.5 Å². The third-order valence-corrected chi connectivity index (χ3v) is 13.6. The zero-order valence-corrected chi connectivity index (χ0v) is 37.0. The molecule has 4 aromatic carbocycles. The van der Waals surface area contributed by atoms with E-state index in [1.54, 1.807) is 36.9 Å². The van der Waals surface area contributed by atoms with Crippen LogP contribution >= 0.6 is 22.7 Å². The Morgan fingerprint density at radius 1 is 0.350 bits per heavy atom. The molecule has 2 aliphatic heterocycles. The van der Waals surface area contributed by atoms with E-state index in [0.29, 0.717) is 0 Å². The van der Waals surface area contributed by atoms with Crippen molar-refractivity contribution in [1.82, 2.24) is 9.97 Å². The van der Waals surface area contributed by atoms with Crippen LogP contribution < -0.4 is 9.47 Å². The van der Waals surface area contributed by atoms with Crippen LogP contribution in [0.5, 0.6) is 11.5 Å². The quantitative estimate of drug-likeness (QED) is 0.168. The van der Waals surface area contributed by atoms with Crippen LogP contribution in [0.4, 0.5) is 0 Å². The molecule has 6 heteroatoms. The normalized spacial score (nSPS) is 12.5. The van der Waals surface area contributed by atoms with Crippen molar-refractivity contribution in [1.29, 1.82) is 0 Å². The van der Waals surface area contributed by atoms with Gasteiger partial charge in [0.2, 0.25) is 0 Å². The van der Waals surface area contributed by atoms with Crippen LogP contribution in [0.15, 0.2) is 121 Å². The third-order valence-electron chi connectivity index (χ3n) is 11.3. The van der Waals surface area contributed by atoms with Crippen molar-refractivity contribution in [2.45, 2.75) is 52.4 Å². The summed E-state index contributed by atoms with van der Waals surface area (Å²) in [4.78, 5) is 11.0. The Morgan fingerprint density at radius 3 is 0.833 bits per heavy atom. The first kappa shape index (κ1) is 39.4. The van der Waals surface area contributed by atoms with Crippen LogP contribution in [0.25, 0.3) is 87.6 Å². The summed E-state index contributed by atoms with van der Waals surface area (Å²) < 4.78 is 15.7. The summed E-state index contributed by atoms with van der Waals surface area (Å²) in [6.45, 7) is 13.6. The van der Waals surface area contributed by atoms with Gasteiger partial charge in [-0.3, -0.25) is 0 Å². The second kappa shape index (κ2) is 15.5. The highest BCUT2D eigenvalue weighted by Crippen LogP contribution is 2.44. The molecule has 0 radical (unpaired) electrons. The maximum Gasteiger partial charge on any atom is 0.118 e. The first-order valence-corrected chi connectivity index (χ1v) is 22.0. The smallest absolute Gasteiger partial charge is 0.118 e. The lowest BCUT2D eigenvalue weighted by Crippen LogP contribution is -2.10. The van der Waals surface area contributed by atoms with Crippen molar-refractivity contribution >= 4 is 65.8 Å². The molecule has 60 heavy (non-hydrogen) atoms. The molecule has 0 aliphatic carbocycles. The SMILES string of the molecule is COc1ccc(-c2c3nc(c(-c4ccc(OC)cc4)c4ccc(s4)c(-c4ccc(C(C)(C)C)cc4)c4nc(c(-c5ccc(C(C)(C)C)cc5)c5ccc2s5)C=C4)C=C3)cc1. The first-order valence-electron chi connectivity index (χ1n) is 20.4. The monoisotopic (exact) mass is 820 g/mol. The maximum atomic E-state index is 5.58. The molecule has 5 heterocycles. The zero-order valence-electron chi connectivity index (χ0n) is 35.4. The number of aromatic nitrogens is 2. The fourth-order valence-corrected chi connectivity index (χ4v) is 10.3. The van der Waals surface area contributed by atoms with Crippen molar-refractivity contribution in [3.63, 3.8) is 0 Å². The van der Waals surface area contributed by atoms with Gasteiger partial charge in [0.25, 0.3) is 0 Å². The molecule has 2 aliphatic rings. The number of methoxy groups -OCH3 is 2. The number of hydrogen-bond donors (Lipinski definition) is 0. The third kappa shape index (κ3) is 7.51. The molecule has 298 valence electrons. The molecule has 0 unspecified atom stereocenters. The molecule has 0 atom stereocenters. The van der Waals surface area contributed by atoms with Crippen molar-refractivity contribution in [3.05, 3.63) is 155 Å². The van der Waals surface area contributed by atoms with Gasteiger partial charge in [-0.15, -0.1) is 22.7 Å². The summed E-state index contributed by atoms with van der Waals surface area (Å²) in [5, 5.41) is 0. The van der Waals surface area contributed by atoms with Crippen LogP contribution in [0.1, 0.15) is 75.4 Å². The van der Waals surface area contributed by atoms with Crippen molar-refractivity contribution in [2.75, 3.05) is 14.2 Å². The van der Waals surface area contributed by atoms with Crippen LogP contribution in [0.3, 0.4) is 0 Å². The van der Waals surface area contributed by atoms with Gasteiger partial charge in [0.05, 0.1) is 37.0 Å². The molecule has 3 aromatic heterocycles. The van der Waals surface area contributed by atoms with E-state index in [4.69, 9.17) is 19.4 Å². The van der Waals surface area contributed by atoms with Crippen LogP contribution in [0, 0.1) is 0 Å². The Balaban J connectivity index is 1.42. The fourth-order valence-electron chi connectivity index (χ4n) is 7.95. The van der Waals surface area contributed by atoms with Gasteiger partial charge < -0.3 is 9.47 Å². The Morgan fingerprint density at radius 2 is 0.600 bits per heavy atom. The van der Waals surface area contributed by atoms with Crippen molar-refractivity contribution in [2.24, 2.45) is 0 Å². The van der Waals surface area contributed by atoms with Gasteiger partial charge in [0.15, 0.2) is 0 Å². The number of hydrogen-bond acceptors (Lipinski definition) is 6. The molecule has 0 fully saturated rings. The number of benzene rings is 4. The topological polar surface area (TPSA) is 44.2 Å². The number of ether oxygens (including phenoxy) is 2. The van der Waals surface area contributed by atoms with E-state index in [0.717, 1.165) is 97.6 Å². The van der Waals surface area contributed by atoms with E-state index in [1.807, 2.05) is 24.3 Å². The summed E-state index contributed by atoms with van der Waals surface area (Å²) in [5.41, 5.74) is 15.2. The van der Waals surface area contributed by atoms with E-state index < -0.39 is 0 Å². The number of fused-ring (bicyclic) bond motifs is 8. The molecular formula is C54H48N2O2S2. The average molecular weight is 821 g/mol. The molecular weight excluding hydrogens is 773 g/mol. The molecule has 0 amide bonds. The summed E-state index contributed by atoms with van der Waals surface area (Å²) >= 11 is 3.56. The number of nitrogens with zero attached hydrogens (tertiary/aromatic N) is 2. The molecule has 0 saturated carbocycles. The lowest BCUT2D eigenvalue weighted by atomic mass is 9.86. The fraction of sp³-hybridized carbons (Fsp3) is 0.185. The Bertz CT molecular complexity index is 2770. The molecule has 4 nitrogen and oxygen atoms in total. The minimum atomic E-state index is 0.0375. The highest BCUT2D eigenvalue weighted by atomic mass is 32.1. The second-order valence-electron chi connectivity index (χ2n) is 17.4. The van der Waals surface area contributed by atoms with Crippen LogP contribution in [-0.4, -0.2) is 24.2 Å². The van der Waals surface area contributed by atoms with Crippen LogP contribution in [-0.2, 0) is 10.8 Å². The van der Waals surface area contributed by atoms with E-state index in [9.17, 15) is 0 Å². The number of rotatable bonds is 6. The highest BCUT2D eigenvalue weighted by molar-refractivity contribution is 7.24.